The number of carbonyl (C=O) groups excluding carboxylic acids is 2. The van der Waals surface area contributed by atoms with Gasteiger partial charge in [-0.15, -0.1) is 0 Å². The number of likely N-dealkylation sites (tertiary alicyclic amines) is 2. The van der Waals surface area contributed by atoms with Crippen LogP contribution in [0.15, 0.2) is 0 Å². The Labute approximate surface area is 311 Å². The fraction of sp³-hybridized carbons (Fsp3) is 0.952. The zero-order valence-electron chi connectivity index (χ0n) is 35.8. The molecule has 0 aliphatic carbocycles. The maximum atomic E-state index is 13.7. The molecule has 0 aromatic heterocycles. The van der Waals surface area contributed by atoms with E-state index in [0.29, 0.717) is 0 Å². The quantitative estimate of drug-likeness (QED) is 0.126. The Hall–Kier alpha value is -1.54. The minimum absolute atomic E-state index is 0.0669. The lowest BCUT2D eigenvalue weighted by atomic mass is 9.77. The molecular formula is C42H84N6O2. The predicted molar refractivity (Wildman–Crippen MR) is 214 cm³/mol. The molecule has 4 amide bonds. The van der Waals surface area contributed by atoms with Crippen molar-refractivity contribution in [3.8, 4) is 0 Å². The van der Waals surface area contributed by atoms with Crippen molar-refractivity contribution >= 4 is 12.1 Å². The zero-order valence-corrected chi connectivity index (χ0v) is 35.8. The van der Waals surface area contributed by atoms with E-state index in [-0.39, 0.29) is 46.3 Å². The van der Waals surface area contributed by atoms with Crippen LogP contribution in [0, 0.1) is 0 Å². The molecule has 0 bridgehead atoms. The summed E-state index contributed by atoms with van der Waals surface area (Å²) in [5, 5.41) is 0. The van der Waals surface area contributed by atoms with E-state index in [1.807, 2.05) is 9.80 Å². The van der Waals surface area contributed by atoms with E-state index in [1.165, 1.54) is 51.4 Å². The smallest absolute Gasteiger partial charge is 0.320 e. The van der Waals surface area contributed by atoms with Gasteiger partial charge in [0.1, 0.15) is 0 Å². The standard InChI is InChI=1S/C42H84N6O2/c1-15-45(16-2)37(49)47(35-31-39(5,6)43(13)40(7,8)32-35)29-27-25-23-21-19-20-22-24-26-28-30-48(38(50)46(17-3)18-4)36-33-41(9,10)44(14)42(11,12)34-36/h35-36H,15-34H2,1-14H3. The summed E-state index contributed by atoms with van der Waals surface area (Å²) in [5.74, 6) is 0. The molecule has 0 unspecified atom stereocenters. The number of piperidine rings is 2. The third-order valence-electron chi connectivity index (χ3n) is 13.1. The van der Waals surface area contributed by atoms with Crippen molar-refractivity contribution < 1.29 is 9.59 Å². The average molecular weight is 705 g/mol. The molecule has 2 fully saturated rings. The van der Waals surface area contributed by atoms with Crippen LogP contribution < -0.4 is 0 Å². The monoisotopic (exact) mass is 705 g/mol. The van der Waals surface area contributed by atoms with E-state index in [1.54, 1.807) is 0 Å². The lowest BCUT2D eigenvalue weighted by Gasteiger charge is -2.55. The Morgan fingerprint density at radius 3 is 0.900 bits per heavy atom. The highest BCUT2D eigenvalue weighted by Crippen LogP contribution is 2.40. The summed E-state index contributed by atoms with van der Waals surface area (Å²) in [7, 11) is 4.49. The van der Waals surface area contributed by atoms with Crippen molar-refractivity contribution in [2.45, 2.75) is 207 Å². The lowest BCUT2D eigenvalue weighted by Crippen LogP contribution is -2.64. The molecule has 2 aliphatic rings. The molecule has 2 rings (SSSR count). The third kappa shape index (κ3) is 12.0. The fourth-order valence-electron chi connectivity index (χ4n) is 9.28. The summed E-state index contributed by atoms with van der Waals surface area (Å²) >= 11 is 0. The van der Waals surface area contributed by atoms with Crippen molar-refractivity contribution in [3.05, 3.63) is 0 Å². The van der Waals surface area contributed by atoms with E-state index >= 15 is 0 Å². The minimum Gasteiger partial charge on any atom is -0.325 e. The van der Waals surface area contributed by atoms with Crippen LogP contribution >= 0.6 is 0 Å². The number of carbonyl (C=O) groups is 2. The van der Waals surface area contributed by atoms with E-state index in [4.69, 9.17) is 0 Å². The van der Waals surface area contributed by atoms with Crippen LogP contribution in [0.3, 0.4) is 0 Å². The normalized spacial score (nSPS) is 20.8. The molecule has 8 heteroatoms. The van der Waals surface area contributed by atoms with Gasteiger partial charge in [-0.1, -0.05) is 51.4 Å². The van der Waals surface area contributed by atoms with Gasteiger partial charge < -0.3 is 19.6 Å². The largest absolute Gasteiger partial charge is 0.325 e. The number of rotatable bonds is 19. The molecule has 0 saturated carbocycles. The highest BCUT2D eigenvalue weighted by atomic mass is 16.2. The molecule has 2 aliphatic heterocycles. The maximum absolute atomic E-state index is 13.7. The van der Waals surface area contributed by atoms with Crippen molar-refractivity contribution in [2.75, 3.05) is 53.4 Å². The van der Waals surface area contributed by atoms with Gasteiger partial charge in [0.05, 0.1) is 0 Å². The molecule has 0 N–H and O–H groups in total. The molecule has 0 radical (unpaired) electrons. The molecule has 0 aromatic carbocycles. The second-order valence-corrected chi connectivity index (χ2v) is 18.3. The van der Waals surface area contributed by atoms with Gasteiger partial charge in [0.15, 0.2) is 0 Å². The van der Waals surface area contributed by atoms with Crippen LogP contribution in [0.5, 0.6) is 0 Å². The first-order valence-corrected chi connectivity index (χ1v) is 20.9. The van der Waals surface area contributed by atoms with Crippen molar-refractivity contribution in [1.29, 1.82) is 0 Å². The maximum Gasteiger partial charge on any atom is 0.320 e. The first-order chi connectivity index (χ1) is 23.3. The molecule has 0 spiro atoms. The van der Waals surface area contributed by atoms with Crippen molar-refractivity contribution in [2.24, 2.45) is 0 Å². The first-order valence-electron chi connectivity index (χ1n) is 20.9. The van der Waals surface area contributed by atoms with Gasteiger partial charge in [-0.25, -0.2) is 9.59 Å². The van der Waals surface area contributed by atoms with E-state index in [0.717, 1.165) is 77.8 Å². The van der Waals surface area contributed by atoms with Crippen LogP contribution in [0.2, 0.25) is 0 Å². The van der Waals surface area contributed by atoms with E-state index in [9.17, 15) is 9.59 Å². The van der Waals surface area contributed by atoms with Gasteiger partial charge in [-0.05, 0) is 136 Å². The fourth-order valence-corrected chi connectivity index (χ4v) is 9.28. The molecule has 0 aromatic rings. The number of hydrogen-bond acceptors (Lipinski definition) is 4. The molecule has 2 heterocycles. The number of nitrogens with zero attached hydrogens (tertiary/aromatic N) is 6. The van der Waals surface area contributed by atoms with Crippen molar-refractivity contribution in [1.82, 2.24) is 29.4 Å². The Morgan fingerprint density at radius 2 is 0.680 bits per heavy atom. The Bertz CT molecular complexity index is 902. The SMILES string of the molecule is CCN(CC)C(=O)N(CCCCCCCCCCCCN(C(=O)N(CC)CC)C1CC(C)(C)N(C)C(C)(C)C1)C1CC(C)(C)N(C)C(C)(C)C1. The Morgan fingerprint density at radius 1 is 0.460 bits per heavy atom. The summed E-state index contributed by atoms with van der Waals surface area (Å²) < 4.78 is 0. The topological polar surface area (TPSA) is 53.6 Å². The van der Waals surface area contributed by atoms with E-state index < -0.39 is 0 Å². The zero-order chi connectivity index (χ0) is 37.9. The summed E-state index contributed by atoms with van der Waals surface area (Å²) in [5.41, 5.74) is 0.268. The van der Waals surface area contributed by atoms with Gasteiger partial charge in [0.25, 0.3) is 0 Å². The summed E-state index contributed by atoms with van der Waals surface area (Å²) in [6.45, 7) is 31.9. The highest BCUT2D eigenvalue weighted by Gasteiger charge is 2.47. The number of unbranched alkanes of at least 4 members (excludes halogenated alkanes) is 9. The highest BCUT2D eigenvalue weighted by molar-refractivity contribution is 5.75. The van der Waals surface area contributed by atoms with Crippen LogP contribution in [0.25, 0.3) is 0 Å². The summed E-state index contributed by atoms with van der Waals surface area (Å²) in [4.78, 5) is 40.9. The number of urea groups is 2. The van der Waals surface area contributed by atoms with E-state index in [2.05, 4.69) is 117 Å². The second kappa shape index (κ2) is 19.5. The van der Waals surface area contributed by atoms with Gasteiger partial charge in [-0.2, -0.15) is 0 Å². The number of hydrogen-bond donors (Lipinski definition) is 0. The summed E-state index contributed by atoms with van der Waals surface area (Å²) in [6, 6.07) is 1.04. The van der Waals surface area contributed by atoms with Gasteiger partial charge in [0.2, 0.25) is 0 Å². The Kier molecular flexibility index (Phi) is 17.4. The lowest BCUT2D eigenvalue weighted by molar-refractivity contribution is -0.0417. The van der Waals surface area contributed by atoms with Crippen LogP contribution in [-0.2, 0) is 0 Å². The average Bonchev–Trinajstić information content (AvgIpc) is 3.03. The van der Waals surface area contributed by atoms with Gasteiger partial charge >= 0.3 is 12.1 Å². The van der Waals surface area contributed by atoms with Gasteiger partial charge in [-0.3, -0.25) is 9.80 Å². The molecule has 2 saturated heterocycles. The molecule has 294 valence electrons. The van der Waals surface area contributed by atoms with Gasteiger partial charge in [0, 0.05) is 73.5 Å². The Balaban J connectivity index is 1.78. The van der Waals surface area contributed by atoms with Crippen LogP contribution in [0.1, 0.15) is 173 Å². The predicted octanol–water partition coefficient (Wildman–Crippen LogP) is 9.72. The third-order valence-corrected chi connectivity index (χ3v) is 13.1. The number of amides is 4. The molecule has 50 heavy (non-hydrogen) atoms. The summed E-state index contributed by atoms with van der Waals surface area (Å²) in [6.07, 6.45) is 16.4. The molecule has 8 nitrogen and oxygen atoms in total. The molecule has 0 atom stereocenters. The van der Waals surface area contributed by atoms with Crippen LogP contribution in [0.4, 0.5) is 9.59 Å². The van der Waals surface area contributed by atoms with Crippen LogP contribution in [-0.4, -0.2) is 129 Å². The van der Waals surface area contributed by atoms with Crippen molar-refractivity contribution in [3.63, 3.8) is 0 Å². The second-order valence-electron chi connectivity index (χ2n) is 18.3. The minimum atomic E-state index is 0.0669. The molecular weight excluding hydrogens is 621 g/mol. The first kappa shape index (κ1) is 44.6.